The molecule has 0 saturated heterocycles. The molecule has 0 aliphatic heterocycles. The fourth-order valence-electron chi connectivity index (χ4n) is 3.43. The predicted octanol–water partition coefficient (Wildman–Crippen LogP) is 7.42. The lowest BCUT2D eigenvalue weighted by atomic mass is 10.1. The molecule has 0 aliphatic rings. The Bertz CT molecular complexity index is 1210. The van der Waals surface area contributed by atoms with E-state index in [1.807, 2.05) is 36.4 Å². The maximum Gasteiger partial charge on any atom is 0.109 e. The standard InChI is InChI=1S/C26H18N2S2/c27-15-25(29-17-21-11-5-9-19-7-1-3-13-23(19)21)26(16-28)30-18-22-12-6-10-20-8-2-4-14-24(20)22/h1-14H,17-18H2/b26-25-. The summed E-state index contributed by atoms with van der Waals surface area (Å²) < 4.78 is 0. The van der Waals surface area contributed by atoms with Crippen LogP contribution in [0.2, 0.25) is 0 Å². The highest BCUT2D eigenvalue weighted by Gasteiger charge is 2.11. The lowest BCUT2D eigenvalue weighted by molar-refractivity contribution is 1.45. The summed E-state index contributed by atoms with van der Waals surface area (Å²) in [6.07, 6.45) is 0. The average molecular weight is 423 g/mol. The summed E-state index contributed by atoms with van der Waals surface area (Å²) in [5, 5.41) is 24.1. The topological polar surface area (TPSA) is 47.6 Å². The van der Waals surface area contributed by atoms with E-state index in [-0.39, 0.29) is 0 Å². The minimum Gasteiger partial charge on any atom is -0.192 e. The van der Waals surface area contributed by atoms with Crippen LogP contribution in [0.3, 0.4) is 0 Å². The highest BCUT2D eigenvalue weighted by Crippen LogP contribution is 2.34. The van der Waals surface area contributed by atoms with Gasteiger partial charge in [0, 0.05) is 11.5 Å². The molecule has 2 nitrogen and oxygen atoms in total. The first kappa shape index (κ1) is 20.1. The van der Waals surface area contributed by atoms with Crippen molar-refractivity contribution in [2.45, 2.75) is 11.5 Å². The zero-order valence-electron chi connectivity index (χ0n) is 16.2. The fourth-order valence-corrected chi connectivity index (χ4v) is 5.37. The van der Waals surface area contributed by atoms with Gasteiger partial charge in [0.05, 0.1) is 0 Å². The first-order chi connectivity index (χ1) is 14.8. The van der Waals surface area contributed by atoms with Crippen molar-refractivity contribution in [3.63, 3.8) is 0 Å². The summed E-state index contributed by atoms with van der Waals surface area (Å²) in [4.78, 5) is 0.964. The van der Waals surface area contributed by atoms with Gasteiger partial charge in [-0.05, 0) is 32.7 Å². The monoisotopic (exact) mass is 422 g/mol. The average Bonchev–Trinajstić information content (AvgIpc) is 2.81. The molecule has 0 amide bonds. The Labute approximate surface area is 184 Å². The summed E-state index contributed by atoms with van der Waals surface area (Å²) in [5.41, 5.74) is 2.34. The minimum absolute atomic E-state index is 0.482. The zero-order valence-corrected chi connectivity index (χ0v) is 17.8. The van der Waals surface area contributed by atoms with Gasteiger partial charge in [-0.15, -0.1) is 23.5 Å². The Balaban J connectivity index is 1.54. The maximum atomic E-state index is 9.69. The molecule has 4 aromatic rings. The molecule has 0 saturated carbocycles. The van der Waals surface area contributed by atoms with Crippen molar-refractivity contribution in [1.29, 1.82) is 10.5 Å². The lowest BCUT2D eigenvalue weighted by Crippen LogP contribution is -1.88. The van der Waals surface area contributed by atoms with Crippen LogP contribution in [-0.4, -0.2) is 0 Å². The van der Waals surface area contributed by atoms with E-state index in [9.17, 15) is 10.5 Å². The van der Waals surface area contributed by atoms with E-state index in [0.717, 1.165) is 0 Å². The molecule has 4 heteroatoms. The van der Waals surface area contributed by atoms with Gasteiger partial charge in [-0.3, -0.25) is 0 Å². The second kappa shape index (κ2) is 9.55. The smallest absolute Gasteiger partial charge is 0.109 e. The number of benzene rings is 4. The van der Waals surface area contributed by atoms with Crippen LogP contribution in [0.5, 0.6) is 0 Å². The normalized spacial score (nSPS) is 11.7. The third-order valence-corrected chi connectivity index (χ3v) is 7.12. The fraction of sp³-hybridized carbons (Fsp3) is 0.0769. The Hall–Kier alpha value is -3.18. The molecule has 30 heavy (non-hydrogen) atoms. The Morgan fingerprint density at radius 1 is 0.567 bits per heavy atom. The number of nitriles is 2. The number of hydrogen-bond donors (Lipinski definition) is 0. The summed E-state index contributed by atoms with van der Waals surface area (Å²) in [7, 11) is 0. The molecule has 0 fully saturated rings. The van der Waals surface area contributed by atoms with Gasteiger partial charge < -0.3 is 0 Å². The number of nitrogens with zero attached hydrogens (tertiary/aromatic N) is 2. The third kappa shape index (κ3) is 4.36. The first-order valence-corrected chi connectivity index (χ1v) is 11.5. The molecule has 0 atom stereocenters. The number of thioether (sulfide) groups is 2. The zero-order chi connectivity index (χ0) is 20.8. The first-order valence-electron chi connectivity index (χ1n) is 9.53. The van der Waals surface area contributed by atoms with Gasteiger partial charge in [-0.1, -0.05) is 84.9 Å². The number of rotatable bonds is 6. The van der Waals surface area contributed by atoms with Gasteiger partial charge in [0.1, 0.15) is 21.9 Å². The van der Waals surface area contributed by atoms with E-state index in [1.165, 1.54) is 56.2 Å². The van der Waals surface area contributed by atoms with Crippen molar-refractivity contribution < 1.29 is 0 Å². The van der Waals surface area contributed by atoms with Crippen LogP contribution in [0.4, 0.5) is 0 Å². The third-order valence-electron chi connectivity index (χ3n) is 4.91. The quantitative estimate of drug-likeness (QED) is 0.303. The van der Waals surface area contributed by atoms with Gasteiger partial charge in [-0.2, -0.15) is 10.5 Å². The molecule has 0 aliphatic carbocycles. The molecular weight excluding hydrogens is 404 g/mol. The van der Waals surface area contributed by atoms with Gasteiger partial charge in [0.2, 0.25) is 0 Å². The van der Waals surface area contributed by atoms with Crippen molar-refractivity contribution in [1.82, 2.24) is 0 Å². The largest absolute Gasteiger partial charge is 0.192 e. The second-order valence-corrected chi connectivity index (χ2v) is 8.71. The summed E-state index contributed by atoms with van der Waals surface area (Å²) >= 11 is 2.87. The Morgan fingerprint density at radius 2 is 0.967 bits per heavy atom. The predicted molar refractivity (Wildman–Crippen MR) is 129 cm³/mol. The van der Waals surface area contributed by atoms with Gasteiger partial charge >= 0.3 is 0 Å². The van der Waals surface area contributed by atoms with Crippen LogP contribution in [0.25, 0.3) is 21.5 Å². The van der Waals surface area contributed by atoms with Crippen LogP contribution in [0.15, 0.2) is 94.7 Å². The van der Waals surface area contributed by atoms with Crippen LogP contribution in [0.1, 0.15) is 11.1 Å². The SMILES string of the molecule is N#C/C(SCc1cccc2ccccc12)=C(\C#N)SCc1cccc2ccccc12. The van der Waals surface area contributed by atoms with Crippen LogP contribution >= 0.6 is 23.5 Å². The Kier molecular flexibility index (Phi) is 6.40. The van der Waals surface area contributed by atoms with E-state index < -0.39 is 0 Å². The maximum absolute atomic E-state index is 9.69. The molecule has 0 heterocycles. The molecule has 0 bridgehead atoms. The van der Waals surface area contributed by atoms with Crippen molar-refractivity contribution in [3.05, 3.63) is 106 Å². The van der Waals surface area contributed by atoms with Crippen molar-refractivity contribution in [3.8, 4) is 12.1 Å². The van der Waals surface area contributed by atoms with E-state index in [2.05, 4.69) is 60.7 Å². The number of allylic oxidation sites excluding steroid dienone is 2. The van der Waals surface area contributed by atoms with E-state index in [0.29, 0.717) is 21.3 Å². The molecule has 0 radical (unpaired) electrons. The van der Waals surface area contributed by atoms with Gasteiger partial charge in [0.25, 0.3) is 0 Å². The van der Waals surface area contributed by atoms with Crippen molar-refractivity contribution in [2.24, 2.45) is 0 Å². The van der Waals surface area contributed by atoms with Crippen LogP contribution < -0.4 is 0 Å². The van der Waals surface area contributed by atoms with E-state index in [4.69, 9.17) is 0 Å². The summed E-state index contributed by atoms with van der Waals surface area (Å²) in [6, 6.07) is 33.4. The molecule has 0 aromatic heterocycles. The van der Waals surface area contributed by atoms with Crippen LogP contribution in [0, 0.1) is 22.7 Å². The van der Waals surface area contributed by atoms with Gasteiger partial charge in [0.15, 0.2) is 0 Å². The second-order valence-electron chi connectivity index (χ2n) is 6.74. The van der Waals surface area contributed by atoms with E-state index >= 15 is 0 Å². The van der Waals surface area contributed by atoms with Crippen LogP contribution in [-0.2, 0) is 11.5 Å². The number of hydrogen-bond acceptors (Lipinski definition) is 4. The molecule has 0 unspecified atom stereocenters. The van der Waals surface area contributed by atoms with Gasteiger partial charge in [-0.25, -0.2) is 0 Å². The van der Waals surface area contributed by atoms with E-state index in [1.54, 1.807) is 0 Å². The Morgan fingerprint density at radius 3 is 1.40 bits per heavy atom. The van der Waals surface area contributed by atoms with Crippen molar-refractivity contribution >= 4 is 45.1 Å². The molecule has 4 rings (SSSR count). The van der Waals surface area contributed by atoms with Crippen molar-refractivity contribution in [2.75, 3.05) is 0 Å². The highest BCUT2D eigenvalue weighted by atomic mass is 32.2. The molecule has 0 N–H and O–H groups in total. The summed E-state index contributed by atoms with van der Waals surface area (Å²) in [6.45, 7) is 0. The molecule has 0 spiro atoms. The lowest BCUT2D eigenvalue weighted by Gasteiger charge is -2.08. The minimum atomic E-state index is 0.482. The molecular formula is C26H18N2S2. The molecule has 4 aromatic carbocycles. The highest BCUT2D eigenvalue weighted by molar-refractivity contribution is 8.06. The summed E-state index contributed by atoms with van der Waals surface area (Å²) in [5.74, 6) is 1.31. The number of fused-ring (bicyclic) bond motifs is 2. The molecule has 144 valence electrons.